The molecule has 0 aromatic rings. The SMILES string of the molecule is C=C1/C(=C\C=C2/CCC[C@]3(C)[C@@H]([C@H](C)C=C[C@@H](O)C(C)(C)C(=O)OCCCC)CC[C@@H]23)C[C@@H](O)C[C@@H]1O. The first-order valence-corrected chi connectivity index (χ1v) is 14.4. The second-order valence-electron chi connectivity index (χ2n) is 12.6. The van der Waals surface area contributed by atoms with Crippen LogP contribution in [0.2, 0.25) is 0 Å². The van der Waals surface area contributed by atoms with Crippen LogP contribution in [0, 0.1) is 28.6 Å². The molecule has 0 radical (unpaired) electrons. The van der Waals surface area contributed by atoms with Crippen LogP contribution >= 0.6 is 0 Å². The van der Waals surface area contributed by atoms with Crippen LogP contribution in [-0.4, -0.2) is 46.2 Å². The van der Waals surface area contributed by atoms with Gasteiger partial charge in [-0.1, -0.05) is 63.6 Å². The number of rotatable bonds is 9. The van der Waals surface area contributed by atoms with Gasteiger partial charge in [0.15, 0.2) is 0 Å². The van der Waals surface area contributed by atoms with Gasteiger partial charge in [-0.3, -0.25) is 4.79 Å². The van der Waals surface area contributed by atoms with Crippen molar-refractivity contribution in [3.8, 4) is 0 Å². The number of hydrogen-bond donors (Lipinski definition) is 3. The van der Waals surface area contributed by atoms with Crippen molar-refractivity contribution in [3.05, 3.63) is 47.6 Å². The molecule has 0 aromatic carbocycles. The molecule has 0 bridgehead atoms. The molecule has 0 heterocycles. The second-order valence-corrected chi connectivity index (χ2v) is 12.6. The minimum atomic E-state index is -0.982. The normalized spacial score (nSPS) is 34.6. The van der Waals surface area contributed by atoms with Gasteiger partial charge < -0.3 is 20.1 Å². The topological polar surface area (TPSA) is 87.0 Å². The van der Waals surface area contributed by atoms with E-state index in [0.717, 1.165) is 49.7 Å². The molecule has 208 valence electrons. The first-order valence-electron chi connectivity index (χ1n) is 14.4. The maximum absolute atomic E-state index is 12.5. The van der Waals surface area contributed by atoms with Gasteiger partial charge in [-0.25, -0.2) is 0 Å². The molecule has 3 N–H and O–H groups in total. The molecule has 0 unspecified atom stereocenters. The summed E-state index contributed by atoms with van der Waals surface area (Å²) < 4.78 is 5.38. The molecular weight excluding hydrogens is 464 g/mol. The van der Waals surface area contributed by atoms with E-state index in [1.165, 1.54) is 12.0 Å². The van der Waals surface area contributed by atoms with Crippen molar-refractivity contribution >= 4 is 5.97 Å². The Morgan fingerprint density at radius 2 is 1.97 bits per heavy atom. The van der Waals surface area contributed by atoms with Crippen molar-refractivity contribution in [2.24, 2.45) is 28.6 Å². The molecule has 3 saturated carbocycles. The Balaban J connectivity index is 1.69. The predicted octanol–water partition coefficient (Wildman–Crippen LogP) is 6.05. The standard InChI is InChI=1S/C32H50O5/c1-7-8-18-37-30(36)31(4,5)29(35)16-11-21(2)26-14-15-27-23(10-9-17-32(26,27)6)12-13-24-19-25(33)20-28(34)22(24)3/h11-13,16,21,25-29,33-35H,3,7-10,14-15,17-20H2,1-2,4-6H3/b16-11?,23-12+,24-13-/t21-,25-,26-,27+,28+,29-,32-/m1/s1. The third kappa shape index (κ3) is 6.66. The predicted molar refractivity (Wildman–Crippen MR) is 149 cm³/mol. The summed E-state index contributed by atoms with van der Waals surface area (Å²) in [6, 6.07) is 0. The van der Waals surface area contributed by atoms with E-state index in [1.807, 2.05) is 0 Å². The summed E-state index contributed by atoms with van der Waals surface area (Å²) in [4.78, 5) is 12.5. The van der Waals surface area contributed by atoms with E-state index in [2.05, 4.69) is 45.6 Å². The molecule has 0 aromatic heterocycles. The van der Waals surface area contributed by atoms with Crippen LogP contribution in [0.4, 0.5) is 0 Å². The minimum Gasteiger partial charge on any atom is -0.465 e. The van der Waals surface area contributed by atoms with Crippen LogP contribution < -0.4 is 0 Å². The number of carbonyl (C=O) groups is 1. The van der Waals surface area contributed by atoms with Crippen molar-refractivity contribution in [2.75, 3.05) is 6.61 Å². The Labute approximate surface area is 224 Å². The molecule has 0 spiro atoms. The lowest BCUT2D eigenvalue weighted by molar-refractivity contribution is -0.158. The number of aliphatic hydroxyl groups excluding tert-OH is 3. The van der Waals surface area contributed by atoms with Crippen LogP contribution in [0.1, 0.15) is 92.4 Å². The molecule has 3 aliphatic carbocycles. The van der Waals surface area contributed by atoms with E-state index in [-0.39, 0.29) is 17.3 Å². The maximum Gasteiger partial charge on any atom is 0.314 e. The largest absolute Gasteiger partial charge is 0.465 e. The highest BCUT2D eigenvalue weighted by Crippen LogP contribution is 2.59. The molecular formula is C32H50O5. The number of esters is 1. The summed E-state index contributed by atoms with van der Waals surface area (Å²) in [5, 5.41) is 31.1. The highest BCUT2D eigenvalue weighted by Gasteiger charge is 2.50. The second kappa shape index (κ2) is 12.4. The van der Waals surface area contributed by atoms with E-state index >= 15 is 0 Å². The lowest BCUT2D eigenvalue weighted by Gasteiger charge is -2.44. The Morgan fingerprint density at radius 1 is 1.24 bits per heavy atom. The maximum atomic E-state index is 12.5. The summed E-state index contributed by atoms with van der Waals surface area (Å²) in [6.07, 6.45) is 14.6. The molecule has 5 nitrogen and oxygen atoms in total. The van der Waals surface area contributed by atoms with E-state index in [0.29, 0.717) is 31.3 Å². The fraction of sp³-hybridized carbons (Fsp3) is 0.719. The van der Waals surface area contributed by atoms with Gasteiger partial charge in [0, 0.05) is 6.42 Å². The van der Waals surface area contributed by atoms with Gasteiger partial charge in [0.05, 0.1) is 30.3 Å². The van der Waals surface area contributed by atoms with Gasteiger partial charge in [0.1, 0.15) is 0 Å². The minimum absolute atomic E-state index is 0.189. The highest BCUT2D eigenvalue weighted by molar-refractivity contribution is 5.77. The Hall–Kier alpha value is -1.69. The van der Waals surface area contributed by atoms with E-state index in [9.17, 15) is 20.1 Å². The van der Waals surface area contributed by atoms with Crippen LogP contribution in [-0.2, 0) is 9.53 Å². The molecule has 3 rings (SSSR count). The summed E-state index contributed by atoms with van der Waals surface area (Å²) >= 11 is 0. The third-order valence-electron chi connectivity index (χ3n) is 9.53. The highest BCUT2D eigenvalue weighted by atomic mass is 16.5. The van der Waals surface area contributed by atoms with E-state index in [4.69, 9.17) is 4.74 Å². The van der Waals surface area contributed by atoms with Crippen molar-refractivity contribution in [1.82, 2.24) is 0 Å². The summed E-state index contributed by atoms with van der Waals surface area (Å²) in [5.74, 6) is 0.957. The van der Waals surface area contributed by atoms with Gasteiger partial charge in [-0.05, 0) is 93.1 Å². The number of ether oxygens (including phenoxy) is 1. The average Bonchev–Trinajstić information content (AvgIpc) is 3.21. The van der Waals surface area contributed by atoms with Crippen molar-refractivity contribution in [1.29, 1.82) is 0 Å². The average molecular weight is 515 g/mol. The number of fused-ring (bicyclic) bond motifs is 1. The lowest BCUT2D eigenvalue weighted by Crippen LogP contribution is -2.38. The number of aliphatic hydroxyl groups is 3. The molecule has 0 aliphatic heterocycles. The number of allylic oxidation sites excluding steroid dienone is 4. The van der Waals surface area contributed by atoms with Crippen LogP contribution in [0.3, 0.4) is 0 Å². The number of carbonyl (C=O) groups excluding carboxylic acids is 1. The molecule has 5 heteroatoms. The third-order valence-corrected chi connectivity index (χ3v) is 9.53. The first kappa shape index (κ1) is 29.9. The Bertz CT molecular complexity index is 912. The van der Waals surface area contributed by atoms with Crippen LogP contribution in [0.5, 0.6) is 0 Å². The van der Waals surface area contributed by atoms with Crippen molar-refractivity contribution in [3.63, 3.8) is 0 Å². The van der Waals surface area contributed by atoms with Gasteiger partial charge in [-0.15, -0.1) is 0 Å². The quantitative estimate of drug-likeness (QED) is 0.198. The van der Waals surface area contributed by atoms with Crippen molar-refractivity contribution in [2.45, 2.75) is 111 Å². The van der Waals surface area contributed by atoms with Crippen LogP contribution in [0.25, 0.3) is 0 Å². The molecule has 0 amide bonds. The van der Waals surface area contributed by atoms with E-state index in [1.54, 1.807) is 19.9 Å². The summed E-state index contributed by atoms with van der Waals surface area (Å²) in [5.41, 5.74) is 2.37. The van der Waals surface area contributed by atoms with Gasteiger partial charge in [-0.2, -0.15) is 0 Å². The Kier molecular flexibility index (Phi) is 10.0. The van der Waals surface area contributed by atoms with Crippen molar-refractivity contribution < 1.29 is 24.9 Å². The fourth-order valence-electron chi connectivity index (χ4n) is 6.88. The van der Waals surface area contributed by atoms with Gasteiger partial charge >= 0.3 is 5.97 Å². The van der Waals surface area contributed by atoms with Gasteiger partial charge in [0.2, 0.25) is 0 Å². The molecule has 0 saturated heterocycles. The molecule has 7 atom stereocenters. The smallest absolute Gasteiger partial charge is 0.314 e. The van der Waals surface area contributed by atoms with Crippen LogP contribution in [0.15, 0.2) is 47.6 Å². The number of unbranched alkanes of at least 4 members (excludes halogenated alkanes) is 1. The molecule has 3 aliphatic rings. The number of hydrogen-bond acceptors (Lipinski definition) is 5. The summed E-state index contributed by atoms with van der Waals surface area (Å²) in [7, 11) is 0. The van der Waals surface area contributed by atoms with E-state index < -0.39 is 23.7 Å². The lowest BCUT2D eigenvalue weighted by atomic mass is 9.61. The fourth-order valence-corrected chi connectivity index (χ4v) is 6.88. The zero-order valence-corrected chi connectivity index (χ0v) is 23.7. The monoisotopic (exact) mass is 514 g/mol. The summed E-state index contributed by atoms with van der Waals surface area (Å²) in [6.45, 7) is 14.7. The Morgan fingerprint density at radius 3 is 2.68 bits per heavy atom. The zero-order valence-electron chi connectivity index (χ0n) is 23.7. The molecule has 3 fully saturated rings. The zero-order chi connectivity index (χ0) is 27.4. The van der Waals surface area contributed by atoms with Gasteiger partial charge in [0.25, 0.3) is 0 Å². The first-order chi connectivity index (χ1) is 17.4. The molecule has 37 heavy (non-hydrogen) atoms.